The van der Waals surface area contributed by atoms with Gasteiger partial charge in [0, 0.05) is 38.5 Å². The first-order valence-electron chi connectivity index (χ1n) is 10.6. The number of pyridine rings is 1. The van der Waals surface area contributed by atoms with E-state index in [1.807, 2.05) is 6.92 Å². The van der Waals surface area contributed by atoms with E-state index in [4.69, 9.17) is 4.74 Å². The van der Waals surface area contributed by atoms with Crippen LogP contribution in [0.25, 0.3) is 11.0 Å². The lowest BCUT2D eigenvalue weighted by Crippen LogP contribution is -2.30. The number of aryl methyl sites for hydroxylation is 1. The quantitative estimate of drug-likeness (QED) is 0.535. The highest BCUT2D eigenvalue weighted by molar-refractivity contribution is 6.06. The standard InChI is InChI=1S/C22H23F4N5O2/c1-2-31-20-15(12-29-31)19(30-14-5-7-33-8-6-14)16(11-27-20)21(32)28-10-13-3-4-17(18(23)9-13)22(24,25)26/h3-4,9,11-12,14H,2,5-8,10H2,1H3,(H,27,30)(H,28,32). The summed E-state index contributed by atoms with van der Waals surface area (Å²) in [5, 5.41) is 11.1. The van der Waals surface area contributed by atoms with Crippen LogP contribution in [0.15, 0.2) is 30.6 Å². The zero-order chi connectivity index (χ0) is 23.6. The molecule has 176 valence electrons. The lowest BCUT2D eigenvalue weighted by Gasteiger charge is -2.25. The Balaban J connectivity index is 1.58. The van der Waals surface area contributed by atoms with E-state index >= 15 is 0 Å². The van der Waals surface area contributed by atoms with Gasteiger partial charge in [0.1, 0.15) is 5.82 Å². The minimum absolute atomic E-state index is 0.102. The van der Waals surface area contributed by atoms with E-state index in [2.05, 4.69) is 20.7 Å². The van der Waals surface area contributed by atoms with Gasteiger partial charge in [-0.2, -0.15) is 18.3 Å². The molecular weight excluding hydrogens is 442 g/mol. The average Bonchev–Trinajstić information content (AvgIpc) is 3.21. The molecule has 7 nitrogen and oxygen atoms in total. The third-order valence-corrected chi connectivity index (χ3v) is 5.57. The maximum atomic E-state index is 13.9. The van der Waals surface area contributed by atoms with Crippen molar-refractivity contribution >= 4 is 22.6 Å². The van der Waals surface area contributed by atoms with Gasteiger partial charge in [-0.1, -0.05) is 6.07 Å². The van der Waals surface area contributed by atoms with E-state index in [-0.39, 0.29) is 23.7 Å². The van der Waals surface area contributed by atoms with Gasteiger partial charge in [0.25, 0.3) is 5.91 Å². The molecule has 11 heteroatoms. The van der Waals surface area contributed by atoms with Crippen LogP contribution < -0.4 is 10.6 Å². The zero-order valence-corrected chi connectivity index (χ0v) is 17.9. The Kier molecular flexibility index (Phi) is 6.50. The van der Waals surface area contributed by atoms with Gasteiger partial charge >= 0.3 is 6.18 Å². The number of hydrogen-bond donors (Lipinski definition) is 2. The van der Waals surface area contributed by atoms with Gasteiger partial charge < -0.3 is 15.4 Å². The van der Waals surface area contributed by atoms with Gasteiger partial charge in [-0.3, -0.25) is 4.79 Å². The number of amides is 1. The first kappa shape index (κ1) is 23.0. The van der Waals surface area contributed by atoms with E-state index in [1.54, 1.807) is 10.9 Å². The van der Waals surface area contributed by atoms with Crippen molar-refractivity contribution in [2.75, 3.05) is 18.5 Å². The third-order valence-electron chi connectivity index (χ3n) is 5.57. The summed E-state index contributed by atoms with van der Waals surface area (Å²) >= 11 is 0. The molecule has 2 N–H and O–H groups in total. The lowest BCUT2D eigenvalue weighted by atomic mass is 10.1. The Bertz CT molecular complexity index is 1160. The fourth-order valence-corrected chi connectivity index (χ4v) is 3.81. The highest BCUT2D eigenvalue weighted by Crippen LogP contribution is 2.32. The molecule has 0 spiro atoms. The summed E-state index contributed by atoms with van der Waals surface area (Å²) < 4.78 is 59.3. The molecule has 4 rings (SSSR count). The van der Waals surface area contributed by atoms with Crippen LogP contribution in [-0.2, 0) is 24.0 Å². The zero-order valence-electron chi connectivity index (χ0n) is 17.9. The van der Waals surface area contributed by atoms with E-state index in [1.165, 1.54) is 6.20 Å². The Labute approximate surface area is 187 Å². The number of ether oxygens (including phenoxy) is 1. The molecule has 1 aliphatic rings. The number of rotatable bonds is 6. The number of fused-ring (bicyclic) bond motifs is 1. The molecule has 0 unspecified atom stereocenters. The Morgan fingerprint density at radius 2 is 2.00 bits per heavy atom. The molecule has 3 heterocycles. The summed E-state index contributed by atoms with van der Waals surface area (Å²) in [6, 6.07) is 2.68. The van der Waals surface area contributed by atoms with Crippen molar-refractivity contribution < 1.29 is 27.1 Å². The number of halogens is 4. The van der Waals surface area contributed by atoms with Gasteiger partial charge in [0.2, 0.25) is 0 Å². The predicted molar refractivity (Wildman–Crippen MR) is 113 cm³/mol. The molecule has 0 radical (unpaired) electrons. The van der Waals surface area contributed by atoms with Crippen LogP contribution in [0.1, 0.15) is 41.3 Å². The molecule has 1 fully saturated rings. The van der Waals surface area contributed by atoms with Crippen LogP contribution in [0.2, 0.25) is 0 Å². The Hall–Kier alpha value is -3.21. The van der Waals surface area contributed by atoms with Crippen molar-refractivity contribution in [2.24, 2.45) is 0 Å². The molecule has 0 saturated carbocycles. The number of nitrogens with one attached hydrogen (secondary N) is 2. The number of alkyl halides is 3. The first-order valence-corrected chi connectivity index (χ1v) is 10.6. The van der Waals surface area contributed by atoms with Gasteiger partial charge in [-0.05, 0) is 37.5 Å². The summed E-state index contributed by atoms with van der Waals surface area (Å²) in [6.45, 7) is 3.63. The van der Waals surface area contributed by atoms with Crippen molar-refractivity contribution in [3.05, 3.63) is 53.1 Å². The predicted octanol–water partition coefficient (Wildman–Crippen LogP) is 4.13. The summed E-state index contributed by atoms with van der Waals surface area (Å²) in [5.41, 5.74) is 0.358. The van der Waals surface area contributed by atoms with E-state index in [9.17, 15) is 22.4 Å². The second-order valence-electron chi connectivity index (χ2n) is 7.77. The van der Waals surface area contributed by atoms with Crippen molar-refractivity contribution in [3.63, 3.8) is 0 Å². The van der Waals surface area contributed by atoms with Crippen LogP contribution in [0, 0.1) is 5.82 Å². The van der Waals surface area contributed by atoms with Crippen molar-refractivity contribution in [3.8, 4) is 0 Å². The summed E-state index contributed by atoms with van der Waals surface area (Å²) in [4.78, 5) is 17.4. The van der Waals surface area contributed by atoms with Gasteiger partial charge in [-0.15, -0.1) is 0 Å². The Morgan fingerprint density at radius 3 is 2.67 bits per heavy atom. The SMILES string of the molecule is CCn1ncc2c(NC3CCOCC3)c(C(=O)NCc3ccc(C(F)(F)F)c(F)c3)cnc21. The molecule has 2 aromatic heterocycles. The molecule has 0 bridgehead atoms. The van der Waals surface area contributed by atoms with Crippen LogP contribution >= 0.6 is 0 Å². The van der Waals surface area contributed by atoms with Crippen molar-refractivity contribution in [1.82, 2.24) is 20.1 Å². The highest BCUT2D eigenvalue weighted by Gasteiger charge is 2.34. The van der Waals surface area contributed by atoms with E-state index in [0.29, 0.717) is 42.5 Å². The number of hydrogen-bond acceptors (Lipinski definition) is 5. The minimum atomic E-state index is -4.78. The van der Waals surface area contributed by atoms with Crippen molar-refractivity contribution in [1.29, 1.82) is 0 Å². The van der Waals surface area contributed by atoms with Gasteiger partial charge in [0.05, 0.1) is 28.4 Å². The van der Waals surface area contributed by atoms with Gasteiger partial charge in [0.15, 0.2) is 5.65 Å². The molecule has 3 aromatic rings. The number of benzene rings is 1. The van der Waals surface area contributed by atoms with Crippen LogP contribution in [0.4, 0.5) is 23.2 Å². The average molecular weight is 465 g/mol. The molecule has 33 heavy (non-hydrogen) atoms. The van der Waals surface area contributed by atoms with Crippen LogP contribution in [-0.4, -0.2) is 39.9 Å². The number of carbonyl (C=O) groups excluding carboxylic acids is 1. The van der Waals surface area contributed by atoms with E-state index < -0.39 is 23.5 Å². The monoisotopic (exact) mass is 465 g/mol. The second kappa shape index (κ2) is 9.34. The lowest BCUT2D eigenvalue weighted by molar-refractivity contribution is -0.140. The molecule has 1 aliphatic heterocycles. The number of nitrogens with zero attached hydrogens (tertiary/aromatic N) is 3. The Morgan fingerprint density at radius 1 is 1.24 bits per heavy atom. The van der Waals surface area contributed by atoms with Crippen LogP contribution in [0.5, 0.6) is 0 Å². The number of anilines is 1. The normalized spacial score (nSPS) is 15.1. The molecule has 1 amide bonds. The maximum absolute atomic E-state index is 13.9. The molecule has 0 atom stereocenters. The smallest absolute Gasteiger partial charge is 0.381 e. The fraction of sp³-hybridized carbons (Fsp3) is 0.409. The number of aromatic nitrogens is 3. The topological polar surface area (TPSA) is 81.1 Å². The van der Waals surface area contributed by atoms with Gasteiger partial charge in [-0.25, -0.2) is 14.1 Å². The molecular formula is C22H23F4N5O2. The minimum Gasteiger partial charge on any atom is -0.381 e. The fourth-order valence-electron chi connectivity index (χ4n) is 3.81. The largest absolute Gasteiger partial charge is 0.419 e. The third kappa shape index (κ3) is 4.92. The number of carbonyl (C=O) groups is 1. The first-order chi connectivity index (χ1) is 15.8. The maximum Gasteiger partial charge on any atom is 0.419 e. The van der Waals surface area contributed by atoms with Crippen molar-refractivity contribution in [2.45, 2.75) is 45.1 Å². The molecule has 1 aromatic carbocycles. The highest BCUT2D eigenvalue weighted by atomic mass is 19.4. The summed E-state index contributed by atoms with van der Waals surface area (Å²) in [7, 11) is 0. The second-order valence-corrected chi connectivity index (χ2v) is 7.77. The molecule has 1 saturated heterocycles. The van der Waals surface area contributed by atoms with E-state index in [0.717, 1.165) is 25.0 Å². The summed E-state index contributed by atoms with van der Waals surface area (Å²) in [6.07, 6.45) is -0.133. The van der Waals surface area contributed by atoms with Crippen LogP contribution in [0.3, 0.4) is 0 Å². The summed E-state index contributed by atoms with van der Waals surface area (Å²) in [5.74, 6) is -1.87. The molecule has 0 aliphatic carbocycles.